The minimum absolute atomic E-state index is 0.234. The molecule has 0 aliphatic rings. The van der Waals surface area contributed by atoms with Crippen molar-refractivity contribution in [1.29, 1.82) is 0 Å². The van der Waals surface area contributed by atoms with Gasteiger partial charge in [-0.25, -0.2) is 0 Å². The zero-order valence-corrected chi connectivity index (χ0v) is 10.2. The maximum Gasteiger partial charge on any atom is 0.200 e. The van der Waals surface area contributed by atoms with E-state index in [1.54, 1.807) is 6.07 Å². The predicted molar refractivity (Wildman–Crippen MR) is 70.0 cm³/mol. The van der Waals surface area contributed by atoms with Crippen LogP contribution in [-0.2, 0) is 12.8 Å². The van der Waals surface area contributed by atoms with E-state index >= 15 is 0 Å². The molecule has 94 valence electrons. The number of benzene rings is 2. The molecule has 0 saturated carbocycles. The fourth-order valence-corrected chi connectivity index (χ4v) is 1.85. The Kier molecular flexibility index (Phi) is 3.42. The van der Waals surface area contributed by atoms with Gasteiger partial charge in [-0.2, -0.15) is 0 Å². The van der Waals surface area contributed by atoms with E-state index in [0.29, 0.717) is 12.0 Å². The van der Waals surface area contributed by atoms with Crippen molar-refractivity contribution in [3.63, 3.8) is 0 Å². The second kappa shape index (κ2) is 5.00. The lowest BCUT2D eigenvalue weighted by molar-refractivity contribution is 0.365. The van der Waals surface area contributed by atoms with E-state index in [9.17, 15) is 15.3 Å². The topological polar surface area (TPSA) is 60.7 Å². The first-order chi connectivity index (χ1) is 8.58. The van der Waals surface area contributed by atoms with Gasteiger partial charge in [0.15, 0.2) is 11.5 Å². The summed E-state index contributed by atoms with van der Waals surface area (Å²) in [7, 11) is 0. The molecule has 18 heavy (non-hydrogen) atoms. The van der Waals surface area contributed by atoms with E-state index in [1.807, 2.05) is 31.2 Å². The highest BCUT2D eigenvalue weighted by Crippen LogP contribution is 2.37. The molecule has 0 radical (unpaired) electrons. The van der Waals surface area contributed by atoms with Crippen molar-refractivity contribution in [3.8, 4) is 17.2 Å². The van der Waals surface area contributed by atoms with Gasteiger partial charge in [-0.1, -0.05) is 35.9 Å². The average molecular weight is 244 g/mol. The number of phenols is 3. The third-order valence-corrected chi connectivity index (χ3v) is 3.02. The Balaban J connectivity index is 2.11. The molecule has 0 heterocycles. The normalized spacial score (nSPS) is 10.5. The monoisotopic (exact) mass is 244 g/mol. The smallest absolute Gasteiger partial charge is 0.200 e. The summed E-state index contributed by atoms with van der Waals surface area (Å²) in [6.07, 6.45) is 1.39. The van der Waals surface area contributed by atoms with Gasteiger partial charge in [0.25, 0.3) is 0 Å². The summed E-state index contributed by atoms with van der Waals surface area (Å²) in [5.41, 5.74) is 3.02. The molecule has 0 spiro atoms. The second-order valence-electron chi connectivity index (χ2n) is 4.43. The Morgan fingerprint density at radius 2 is 1.44 bits per heavy atom. The number of hydrogen-bond donors (Lipinski definition) is 3. The summed E-state index contributed by atoms with van der Waals surface area (Å²) in [6, 6.07) is 11.2. The number of aryl methyl sites for hydroxylation is 3. The Bertz CT molecular complexity index is 544. The molecule has 2 aromatic rings. The molecule has 0 aromatic heterocycles. The third kappa shape index (κ3) is 2.56. The molecule has 0 atom stereocenters. The molecular weight excluding hydrogens is 228 g/mol. The third-order valence-electron chi connectivity index (χ3n) is 3.02. The summed E-state index contributed by atoms with van der Waals surface area (Å²) in [6.45, 7) is 2.04. The molecule has 0 amide bonds. The fraction of sp³-hybridized carbons (Fsp3) is 0.200. The van der Waals surface area contributed by atoms with Gasteiger partial charge in [-0.15, -0.1) is 0 Å². The minimum atomic E-state index is -0.448. The summed E-state index contributed by atoms with van der Waals surface area (Å²) in [5.74, 6) is -0.981. The van der Waals surface area contributed by atoms with E-state index < -0.39 is 5.75 Å². The quantitative estimate of drug-likeness (QED) is 0.727. The predicted octanol–water partition coefficient (Wildman–Crippen LogP) is 2.90. The van der Waals surface area contributed by atoms with Crippen LogP contribution in [0.4, 0.5) is 0 Å². The van der Waals surface area contributed by atoms with Crippen LogP contribution in [0, 0.1) is 6.92 Å². The number of rotatable bonds is 3. The number of hydrogen-bond acceptors (Lipinski definition) is 3. The van der Waals surface area contributed by atoms with Crippen molar-refractivity contribution >= 4 is 0 Å². The molecule has 0 aliphatic carbocycles. The van der Waals surface area contributed by atoms with Crippen LogP contribution in [-0.4, -0.2) is 15.3 Å². The lowest BCUT2D eigenvalue weighted by Gasteiger charge is -2.07. The van der Waals surface area contributed by atoms with Gasteiger partial charge in [0, 0.05) is 0 Å². The first kappa shape index (κ1) is 12.3. The first-order valence-electron chi connectivity index (χ1n) is 5.86. The van der Waals surface area contributed by atoms with E-state index in [2.05, 4.69) is 0 Å². The van der Waals surface area contributed by atoms with Crippen LogP contribution in [0.25, 0.3) is 0 Å². The van der Waals surface area contributed by atoms with Crippen molar-refractivity contribution in [3.05, 3.63) is 53.1 Å². The molecule has 3 nitrogen and oxygen atoms in total. The summed E-state index contributed by atoms with van der Waals surface area (Å²) in [5, 5.41) is 28.3. The van der Waals surface area contributed by atoms with Crippen LogP contribution in [0.2, 0.25) is 0 Å². The van der Waals surface area contributed by atoms with Crippen molar-refractivity contribution in [1.82, 2.24) is 0 Å². The summed E-state index contributed by atoms with van der Waals surface area (Å²) >= 11 is 0. The molecule has 2 rings (SSSR count). The van der Waals surface area contributed by atoms with Gasteiger partial charge in [-0.3, -0.25) is 0 Å². The highest BCUT2D eigenvalue weighted by molar-refractivity contribution is 5.53. The average Bonchev–Trinajstić information content (AvgIpc) is 2.37. The molecule has 0 aliphatic heterocycles. The van der Waals surface area contributed by atoms with Crippen LogP contribution in [0.15, 0.2) is 36.4 Å². The largest absolute Gasteiger partial charge is 0.504 e. The standard InChI is InChI=1S/C15H16O3/c1-10-2-4-11(5-3-10)6-7-12-8-9-13(16)15(18)14(12)17/h2-5,8-9,16-18H,6-7H2,1H3. The molecule has 0 fully saturated rings. The Morgan fingerprint density at radius 1 is 0.778 bits per heavy atom. The minimum Gasteiger partial charge on any atom is -0.504 e. The maximum atomic E-state index is 9.69. The molecule has 3 heteroatoms. The van der Waals surface area contributed by atoms with Gasteiger partial charge in [0.1, 0.15) is 0 Å². The Labute approximate surface area is 106 Å². The van der Waals surface area contributed by atoms with Gasteiger partial charge in [-0.05, 0) is 37.0 Å². The van der Waals surface area contributed by atoms with Gasteiger partial charge in [0.05, 0.1) is 0 Å². The number of phenolic OH excluding ortho intramolecular Hbond substituents is 3. The SMILES string of the molecule is Cc1ccc(CCc2ccc(O)c(O)c2O)cc1. The summed E-state index contributed by atoms with van der Waals surface area (Å²) in [4.78, 5) is 0. The fourth-order valence-electron chi connectivity index (χ4n) is 1.85. The van der Waals surface area contributed by atoms with Crippen molar-refractivity contribution in [2.45, 2.75) is 19.8 Å². The molecule has 0 unspecified atom stereocenters. The Morgan fingerprint density at radius 3 is 2.11 bits per heavy atom. The molecule has 0 bridgehead atoms. The Hall–Kier alpha value is -2.16. The van der Waals surface area contributed by atoms with Gasteiger partial charge < -0.3 is 15.3 Å². The second-order valence-corrected chi connectivity index (χ2v) is 4.43. The zero-order chi connectivity index (χ0) is 13.1. The van der Waals surface area contributed by atoms with Gasteiger partial charge in [0.2, 0.25) is 5.75 Å². The van der Waals surface area contributed by atoms with Crippen LogP contribution >= 0.6 is 0 Å². The van der Waals surface area contributed by atoms with Crippen molar-refractivity contribution < 1.29 is 15.3 Å². The maximum absolute atomic E-state index is 9.69. The highest BCUT2D eigenvalue weighted by atomic mass is 16.3. The molecule has 2 aromatic carbocycles. The first-order valence-corrected chi connectivity index (χ1v) is 5.86. The van der Waals surface area contributed by atoms with Gasteiger partial charge >= 0.3 is 0 Å². The zero-order valence-electron chi connectivity index (χ0n) is 10.2. The molecular formula is C15H16O3. The van der Waals surface area contributed by atoms with E-state index in [-0.39, 0.29) is 11.5 Å². The van der Waals surface area contributed by atoms with E-state index in [4.69, 9.17) is 0 Å². The van der Waals surface area contributed by atoms with Crippen LogP contribution in [0.3, 0.4) is 0 Å². The van der Waals surface area contributed by atoms with Crippen molar-refractivity contribution in [2.24, 2.45) is 0 Å². The van der Waals surface area contributed by atoms with Crippen LogP contribution in [0.5, 0.6) is 17.2 Å². The van der Waals surface area contributed by atoms with Crippen molar-refractivity contribution in [2.75, 3.05) is 0 Å². The highest BCUT2D eigenvalue weighted by Gasteiger charge is 2.10. The lowest BCUT2D eigenvalue weighted by atomic mass is 10.0. The lowest BCUT2D eigenvalue weighted by Crippen LogP contribution is -1.92. The summed E-state index contributed by atoms with van der Waals surface area (Å²) < 4.78 is 0. The molecule has 3 N–H and O–H groups in total. The van der Waals surface area contributed by atoms with Crippen LogP contribution < -0.4 is 0 Å². The molecule has 0 saturated heterocycles. The van der Waals surface area contributed by atoms with E-state index in [0.717, 1.165) is 6.42 Å². The van der Waals surface area contributed by atoms with Crippen LogP contribution in [0.1, 0.15) is 16.7 Å². The number of aromatic hydroxyl groups is 3. The van der Waals surface area contributed by atoms with E-state index in [1.165, 1.54) is 17.2 Å².